The van der Waals surface area contributed by atoms with E-state index in [2.05, 4.69) is 9.97 Å². The average molecular weight is 384 g/mol. The molecule has 0 unspecified atom stereocenters. The zero-order valence-corrected chi connectivity index (χ0v) is 15.5. The van der Waals surface area contributed by atoms with Crippen LogP contribution in [0.1, 0.15) is 0 Å². The molecular weight excluding hydrogens is 368 g/mol. The lowest BCUT2D eigenvalue weighted by molar-refractivity contribution is -0.385. The zero-order valence-electron chi connectivity index (χ0n) is 15.5. The van der Waals surface area contributed by atoms with Crippen LogP contribution in [0.5, 0.6) is 5.75 Å². The van der Waals surface area contributed by atoms with Gasteiger partial charge in [0.05, 0.1) is 34.8 Å². The monoisotopic (exact) mass is 384 g/mol. The molecule has 29 heavy (non-hydrogen) atoms. The van der Waals surface area contributed by atoms with Crippen LogP contribution in [0.2, 0.25) is 0 Å². The molecule has 0 amide bonds. The van der Waals surface area contributed by atoms with E-state index in [4.69, 9.17) is 9.72 Å². The second-order valence-electron chi connectivity index (χ2n) is 6.20. The first kappa shape index (κ1) is 18.2. The minimum Gasteiger partial charge on any atom is -0.490 e. The van der Waals surface area contributed by atoms with Gasteiger partial charge in [-0.05, 0) is 53.6 Å². The fraction of sp³-hybridized carbons (Fsp3) is 0.0455. The Morgan fingerprint density at radius 3 is 1.90 bits per heavy atom. The van der Waals surface area contributed by atoms with E-state index in [9.17, 15) is 10.1 Å². The Morgan fingerprint density at radius 2 is 1.41 bits per heavy atom. The molecule has 0 radical (unpaired) electrons. The van der Waals surface area contributed by atoms with Gasteiger partial charge in [-0.25, -0.2) is 4.98 Å². The maximum Gasteiger partial charge on any atom is 0.311 e. The molecular formula is C22H16N4O3. The van der Waals surface area contributed by atoms with Crippen molar-refractivity contribution in [1.29, 1.82) is 0 Å². The van der Waals surface area contributed by atoms with Gasteiger partial charge in [-0.3, -0.25) is 20.1 Å². The van der Waals surface area contributed by atoms with Crippen LogP contribution in [0.3, 0.4) is 0 Å². The lowest BCUT2D eigenvalue weighted by atomic mass is 10.0. The van der Waals surface area contributed by atoms with Gasteiger partial charge in [0.1, 0.15) is 0 Å². The second-order valence-corrected chi connectivity index (χ2v) is 6.20. The molecule has 142 valence electrons. The highest BCUT2D eigenvalue weighted by Gasteiger charge is 2.17. The van der Waals surface area contributed by atoms with E-state index in [1.807, 2.05) is 48.5 Å². The molecule has 0 N–H and O–H groups in total. The molecule has 0 saturated carbocycles. The summed E-state index contributed by atoms with van der Waals surface area (Å²) in [6, 6.07) is 19.8. The minimum absolute atomic E-state index is 0.0967. The third kappa shape index (κ3) is 3.79. The summed E-state index contributed by atoms with van der Waals surface area (Å²) in [5.41, 5.74) is 4.07. The van der Waals surface area contributed by atoms with Crippen molar-refractivity contribution in [3.8, 4) is 39.7 Å². The van der Waals surface area contributed by atoms with Gasteiger partial charge in [0, 0.05) is 18.5 Å². The Labute approximate surface area is 166 Å². The molecule has 0 atom stereocenters. The van der Waals surface area contributed by atoms with E-state index in [0.29, 0.717) is 28.3 Å². The molecule has 0 bridgehead atoms. The Kier molecular flexibility index (Phi) is 4.94. The summed E-state index contributed by atoms with van der Waals surface area (Å²) in [5.74, 6) is 0.211. The van der Waals surface area contributed by atoms with E-state index in [1.54, 1.807) is 24.5 Å². The second kappa shape index (κ2) is 7.85. The molecule has 7 heteroatoms. The smallest absolute Gasteiger partial charge is 0.311 e. The van der Waals surface area contributed by atoms with Crippen LogP contribution in [-0.2, 0) is 0 Å². The first-order valence-corrected chi connectivity index (χ1v) is 8.83. The van der Waals surface area contributed by atoms with Gasteiger partial charge in [0.25, 0.3) is 0 Å². The van der Waals surface area contributed by atoms with Gasteiger partial charge >= 0.3 is 5.69 Å². The number of methoxy groups -OCH3 is 1. The number of benzene rings is 1. The van der Waals surface area contributed by atoms with Gasteiger partial charge in [0.15, 0.2) is 5.75 Å². The number of nitrogens with zero attached hydrogens (tertiary/aromatic N) is 4. The van der Waals surface area contributed by atoms with Crippen molar-refractivity contribution in [3.63, 3.8) is 0 Å². The molecule has 0 fully saturated rings. The Morgan fingerprint density at radius 1 is 0.793 bits per heavy atom. The van der Waals surface area contributed by atoms with Gasteiger partial charge in [-0.15, -0.1) is 0 Å². The van der Waals surface area contributed by atoms with Crippen molar-refractivity contribution in [2.45, 2.75) is 0 Å². The van der Waals surface area contributed by atoms with E-state index in [-0.39, 0.29) is 11.4 Å². The lowest BCUT2D eigenvalue weighted by Gasteiger charge is -2.10. The largest absolute Gasteiger partial charge is 0.490 e. The predicted octanol–water partition coefficient (Wildman–Crippen LogP) is 4.79. The van der Waals surface area contributed by atoms with E-state index < -0.39 is 4.92 Å². The molecule has 4 rings (SSSR count). The number of ether oxygens (including phenoxy) is 1. The van der Waals surface area contributed by atoms with E-state index in [0.717, 1.165) is 5.56 Å². The topological polar surface area (TPSA) is 91.0 Å². The highest BCUT2D eigenvalue weighted by molar-refractivity contribution is 5.76. The number of hydrogen-bond acceptors (Lipinski definition) is 6. The molecule has 3 aromatic heterocycles. The highest BCUT2D eigenvalue weighted by atomic mass is 16.6. The predicted molar refractivity (Wildman–Crippen MR) is 109 cm³/mol. The molecule has 0 spiro atoms. The van der Waals surface area contributed by atoms with Crippen molar-refractivity contribution in [1.82, 2.24) is 15.0 Å². The van der Waals surface area contributed by atoms with Crippen molar-refractivity contribution >= 4 is 5.69 Å². The lowest BCUT2D eigenvalue weighted by Crippen LogP contribution is -1.96. The third-order valence-corrected chi connectivity index (χ3v) is 4.39. The van der Waals surface area contributed by atoms with Crippen molar-refractivity contribution < 1.29 is 9.66 Å². The zero-order chi connectivity index (χ0) is 20.2. The van der Waals surface area contributed by atoms with Gasteiger partial charge < -0.3 is 4.74 Å². The fourth-order valence-electron chi connectivity index (χ4n) is 3.00. The molecule has 3 heterocycles. The maximum atomic E-state index is 11.4. The number of rotatable bonds is 5. The van der Waals surface area contributed by atoms with Crippen LogP contribution in [0, 0.1) is 10.1 Å². The fourth-order valence-corrected chi connectivity index (χ4v) is 3.00. The Bertz CT molecular complexity index is 1110. The maximum absolute atomic E-state index is 11.4. The highest BCUT2D eigenvalue weighted by Crippen LogP contribution is 2.34. The van der Waals surface area contributed by atoms with E-state index >= 15 is 0 Å². The molecule has 4 aromatic rings. The number of pyridine rings is 3. The summed E-state index contributed by atoms with van der Waals surface area (Å²) in [4.78, 5) is 24.4. The molecule has 7 nitrogen and oxygen atoms in total. The van der Waals surface area contributed by atoms with Crippen LogP contribution < -0.4 is 4.74 Å². The quantitative estimate of drug-likeness (QED) is 0.363. The van der Waals surface area contributed by atoms with Crippen LogP contribution >= 0.6 is 0 Å². The summed E-state index contributed by atoms with van der Waals surface area (Å²) in [7, 11) is 1.41. The number of aromatic nitrogens is 3. The van der Waals surface area contributed by atoms with E-state index in [1.165, 1.54) is 13.2 Å². The first-order valence-electron chi connectivity index (χ1n) is 8.83. The molecule has 0 aliphatic carbocycles. The van der Waals surface area contributed by atoms with Gasteiger partial charge in [0.2, 0.25) is 0 Å². The summed E-state index contributed by atoms with van der Waals surface area (Å²) in [6.07, 6.45) is 3.39. The number of nitro benzene ring substituents is 1. The van der Waals surface area contributed by atoms with Crippen molar-refractivity contribution in [2.75, 3.05) is 7.11 Å². The summed E-state index contributed by atoms with van der Waals surface area (Å²) >= 11 is 0. The third-order valence-electron chi connectivity index (χ3n) is 4.39. The Balaban J connectivity index is 1.91. The summed E-state index contributed by atoms with van der Waals surface area (Å²) in [6.45, 7) is 0. The van der Waals surface area contributed by atoms with Crippen molar-refractivity contribution in [3.05, 3.63) is 89.2 Å². The summed E-state index contributed by atoms with van der Waals surface area (Å²) < 4.78 is 5.11. The van der Waals surface area contributed by atoms with Crippen LogP contribution in [0.25, 0.3) is 33.9 Å². The molecule has 0 aliphatic heterocycles. The SMILES string of the molecule is COc1ccc(-c2cc(-c3ccccn3)nc(-c3ccccn3)c2)cc1[N+](=O)[O-]. The average Bonchev–Trinajstić information content (AvgIpc) is 2.79. The normalized spacial score (nSPS) is 10.5. The number of hydrogen-bond donors (Lipinski definition) is 0. The minimum atomic E-state index is -0.456. The number of nitro groups is 1. The Hall–Kier alpha value is -4.13. The van der Waals surface area contributed by atoms with Gasteiger partial charge in [-0.1, -0.05) is 18.2 Å². The van der Waals surface area contributed by atoms with Crippen LogP contribution in [-0.4, -0.2) is 27.0 Å². The van der Waals surface area contributed by atoms with Crippen LogP contribution in [0.4, 0.5) is 5.69 Å². The van der Waals surface area contributed by atoms with Gasteiger partial charge in [-0.2, -0.15) is 0 Å². The van der Waals surface area contributed by atoms with Crippen LogP contribution in [0.15, 0.2) is 79.1 Å². The molecule has 0 aliphatic rings. The standard InChI is InChI=1S/C22H16N4O3/c1-29-22-9-8-15(14-21(22)26(27)28)16-12-19(17-6-2-4-10-23-17)25-20(13-16)18-7-3-5-11-24-18/h2-14H,1H3. The van der Waals surface area contributed by atoms with Crippen molar-refractivity contribution in [2.24, 2.45) is 0 Å². The first-order chi connectivity index (χ1) is 14.2. The summed E-state index contributed by atoms with van der Waals surface area (Å²) in [5, 5.41) is 11.4. The molecule has 1 aromatic carbocycles. The molecule has 0 saturated heterocycles.